The summed E-state index contributed by atoms with van der Waals surface area (Å²) in [4.78, 5) is 8.16. The van der Waals surface area contributed by atoms with Gasteiger partial charge in [0.1, 0.15) is 17.2 Å². The summed E-state index contributed by atoms with van der Waals surface area (Å²) in [7, 11) is 0. The van der Waals surface area contributed by atoms with Crippen molar-refractivity contribution in [3.8, 4) is 5.69 Å². The summed E-state index contributed by atoms with van der Waals surface area (Å²) < 4.78 is 42.3. The Morgan fingerprint density at radius 2 is 2.00 bits per heavy atom. The molecule has 0 spiro atoms. The fraction of sp³-hybridized carbons (Fsp3) is 0.143. The Hall–Kier alpha value is -2.08. The maximum absolute atomic E-state index is 14.1. The molecule has 0 aliphatic carbocycles. The van der Waals surface area contributed by atoms with Crippen molar-refractivity contribution >= 4 is 22.6 Å². The quantitative estimate of drug-likeness (QED) is 0.526. The molecule has 7 heteroatoms. The topological polar surface area (TPSA) is 30.7 Å². The molecule has 21 heavy (non-hydrogen) atoms. The van der Waals surface area contributed by atoms with Gasteiger partial charge in [0.2, 0.25) is 0 Å². The second kappa shape index (κ2) is 5.04. The van der Waals surface area contributed by atoms with Gasteiger partial charge in [-0.25, -0.2) is 18.2 Å². The molecular formula is C14H9ClF3N3. The first-order chi connectivity index (χ1) is 9.99. The Morgan fingerprint density at radius 1 is 1.24 bits per heavy atom. The Morgan fingerprint density at radius 3 is 2.71 bits per heavy atom. The van der Waals surface area contributed by atoms with Crippen LogP contribution in [0.1, 0.15) is 18.1 Å². The molecule has 0 saturated heterocycles. The van der Waals surface area contributed by atoms with Crippen LogP contribution in [0, 0.1) is 17.5 Å². The fourth-order valence-corrected chi connectivity index (χ4v) is 2.32. The van der Waals surface area contributed by atoms with E-state index < -0.39 is 22.8 Å². The number of pyridine rings is 1. The number of aromatic nitrogens is 3. The lowest BCUT2D eigenvalue weighted by Crippen LogP contribution is -2.06. The van der Waals surface area contributed by atoms with Crippen molar-refractivity contribution in [2.45, 2.75) is 12.3 Å². The van der Waals surface area contributed by atoms with Gasteiger partial charge in [0, 0.05) is 18.3 Å². The molecule has 0 saturated carbocycles. The van der Waals surface area contributed by atoms with Crippen LogP contribution in [0.25, 0.3) is 16.7 Å². The second-order valence-corrected chi connectivity index (χ2v) is 5.16. The number of alkyl halides is 1. The van der Waals surface area contributed by atoms with Crippen LogP contribution in [0.3, 0.4) is 0 Å². The molecule has 2 aromatic heterocycles. The fourth-order valence-electron chi connectivity index (χ4n) is 2.18. The van der Waals surface area contributed by atoms with Crippen LogP contribution in [0.5, 0.6) is 0 Å². The van der Waals surface area contributed by atoms with Gasteiger partial charge >= 0.3 is 0 Å². The van der Waals surface area contributed by atoms with E-state index in [2.05, 4.69) is 9.97 Å². The lowest BCUT2D eigenvalue weighted by atomic mass is 10.2. The van der Waals surface area contributed by atoms with Crippen LogP contribution in [0.15, 0.2) is 30.6 Å². The molecule has 108 valence electrons. The van der Waals surface area contributed by atoms with Crippen LogP contribution in [0.2, 0.25) is 0 Å². The van der Waals surface area contributed by atoms with Gasteiger partial charge in [0.05, 0.1) is 22.8 Å². The summed E-state index contributed by atoms with van der Waals surface area (Å²) in [5, 5.41) is -0.580. The molecule has 2 heterocycles. The summed E-state index contributed by atoms with van der Waals surface area (Å²) in [5.41, 5.74) is 0.657. The third-order valence-corrected chi connectivity index (χ3v) is 3.25. The average Bonchev–Trinajstić information content (AvgIpc) is 2.82. The van der Waals surface area contributed by atoms with Crippen molar-refractivity contribution in [1.82, 2.24) is 14.5 Å². The molecular weight excluding hydrogens is 303 g/mol. The number of benzene rings is 1. The van der Waals surface area contributed by atoms with Crippen molar-refractivity contribution in [2.24, 2.45) is 0 Å². The molecule has 0 fully saturated rings. The number of hydrogen-bond donors (Lipinski definition) is 0. The lowest BCUT2D eigenvalue weighted by Gasteiger charge is -2.12. The Balaban J connectivity index is 2.41. The zero-order valence-electron chi connectivity index (χ0n) is 10.8. The molecule has 0 aliphatic rings. The first-order valence-corrected chi connectivity index (χ1v) is 6.54. The summed E-state index contributed by atoms with van der Waals surface area (Å²) in [6.45, 7) is 1.64. The standard InChI is InChI=1S/C14H9ClF3N3/c1-7(15)14-20-10-6-19-3-2-11(10)21(14)12-5-8(16)4-9(17)13(12)18/h2-7H,1H3. The molecule has 0 amide bonds. The molecule has 3 nitrogen and oxygen atoms in total. The zero-order valence-corrected chi connectivity index (χ0v) is 11.6. The minimum atomic E-state index is -1.27. The molecule has 0 aliphatic heterocycles. The van der Waals surface area contributed by atoms with E-state index in [0.29, 0.717) is 17.1 Å². The first-order valence-electron chi connectivity index (χ1n) is 6.10. The predicted molar refractivity (Wildman–Crippen MR) is 73.0 cm³/mol. The highest BCUT2D eigenvalue weighted by Crippen LogP contribution is 2.30. The highest BCUT2D eigenvalue weighted by atomic mass is 35.5. The molecule has 1 atom stereocenters. The van der Waals surface area contributed by atoms with Gasteiger partial charge in [-0.1, -0.05) is 0 Å². The van der Waals surface area contributed by atoms with Gasteiger partial charge in [0.15, 0.2) is 11.6 Å². The van der Waals surface area contributed by atoms with Gasteiger partial charge in [-0.15, -0.1) is 11.6 Å². The van der Waals surface area contributed by atoms with Crippen molar-refractivity contribution in [2.75, 3.05) is 0 Å². The van der Waals surface area contributed by atoms with E-state index in [-0.39, 0.29) is 11.5 Å². The normalized spacial score (nSPS) is 12.8. The number of rotatable bonds is 2. The monoisotopic (exact) mass is 311 g/mol. The third kappa shape index (κ3) is 2.25. The zero-order chi connectivity index (χ0) is 15.1. The smallest absolute Gasteiger partial charge is 0.183 e. The van der Waals surface area contributed by atoms with Gasteiger partial charge in [-0.3, -0.25) is 9.55 Å². The summed E-state index contributed by atoms with van der Waals surface area (Å²) >= 11 is 6.05. The molecule has 1 aromatic carbocycles. The second-order valence-electron chi connectivity index (χ2n) is 4.51. The molecule has 1 unspecified atom stereocenters. The summed E-state index contributed by atoms with van der Waals surface area (Å²) in [6.07, 6.45) is 2.96. The van der Waals surface area contributed by atoms with Crippen LogP contribution in [-0.2, 0) is 0 Å². The van der Waals surface area contributed by atoms with E-state index in [0.717, 1.165) is 6.07 Å². The van der Waals surface area contributed by atoms with Crippen LogP contribution >= 0.6 is 11.6 Å². The Kier molecular flexibility index (Phi) is 3.33. The maximum atomic E-state index is 14.1. The molecule has 0 N–H and O–H groups in total. The SMILES string of the molecule is CC(Cl)c1nc2cnccc2n1-c1cc(F)cc(F)c1F. The highest BCUT2D eigenvalue weighted by Gasteiger charge is 2.21. The highest BCUT2D eigenvalue weighted by molar-refractivity contribution is 6.20. The van der Waals surface area contributed by atoms with E-state index in [1.54, 1.807) is 13.0 Å². The van der Waals surface area contributed by atoms with Crippen molar-refractivity contribution in [3.63, 3.8) is 0 Å². The number of imidazole rings is 1. The number of halogens is 4. The van der Waals surface area contributed by atoms with Gasteiger partial charge in [-0.05, 0) is 13.0 Å². The molecule has 3 aromatic rings. The van der Waals surface area contributed by atoms with E-state index in [1.807, 2.05) is 0 Å². The van der Waals surface area contributed by atoms with Gasteiger partial charge in [0.25, 0.3) is 0 Å². The van der Waals surface area contributed by atoms with E-state index >= 15 is 0 Å². The van der Waals surface area contributed by atoms with Crippen molar-refractivity contribution in [3.05, 3.63) is 53.9 Å². The third-order valence-electron chi connectivity index (χ3n) is 3.05. The average molecular weight is 312 g/mol. The number of fused-ring (bicyclic) bond motifs is 1. The lowest BCUT2D eigenvalue weighted by molar-refractivity contribution is 0.490. The number of nitrogens with zero attached hydrogens (tertiary/aromatic N) is 3. The van der Waals surface area contributed by atoms with Gasteiger partial charge < -0.3 is 0 Å². The predicted octanol–water partition coefficient (Wildman–Crippen LogP) is 4.14. The van der Waals surface area contributed by atoms with Crippen LogP contribution in [-0.4, -0.2) is 14.5 Å². The molecule has 3 rings (SSSR count). The summed E-state index contributed by atoms with van der Waals surface area (Å²) in [6, 6.07) is 2.97. The molecule has 0 bridgehead atoms. The van der Waals surface area contributed by atoms with Crippen LogP contribution < -0.4 is 0 Å². The van der Waals surface area contributed by atoms with E-state index in [4.69, 9.17) is 11.6 Å². The summed E-state index contributed by atoms with van der Waals surface area (Å²) in [5.74, 6) is -3.03. The van der Waals surface area contributed by atoms with E-state index in [1.165, 1.54) is 17.0 Å². The first kappa shape index (κ1) is 13.9. The molecule has 0 radical (unpaired) electrons. The van der Waals surface area contributed by atoms with E-state index in [9.17, 15) is 13.2 Å². The maximum Gasteiger partial charge on any atom is 0.183 e. The minimum Gasteiger partial charge on any atom is -0.292 e. The number of hydrogen-bond acceptors (Lipinski definition) is 2. The largest absolute Gasteiger partial charge is 0.292 e. The Bertz CT molecular complexity index is 830. The van der Waals surface area contributed by atoms with Crippen LogP contribution in [0.4, 0.5) is 13.2 Å². The van der Waals surface area contributed by atoms with Crippen molar-refractivity contribution < 1.29 is 13.2 Å². The minimum absolute atomic E-state index is 0.274. The van der Waals surface area contributed by atoms with Crippen molar-refractivity contribution in [1.29, 1.82) is 0 Å². The Labute approximate surface area is 123 Å². The van der Waals surface area contributed by atoms with Gasteiger partial charge in [-0.2, -0.15) is 0 Å².